The lowest BCUT2D eigenvalue weighted by atomic mass is 10.2. The number of halogens is 1. The van der Waals surface area contributed by atoms with Crippen molar-refractivity contribution in [2.75, 3.05) is 31.1 Å². The molecule has 7 heteroatoms. The molecule has 4 heterocycles. The molecule has 0 atom stereocenters. The molecule has 118 valence electrons. The Hall–Kier alpha value is -2.54. The van der Waals surface area contributed by atoms with E-state index in [1.54, 1.807) is 10.6 Å². The number of hydrogen-bond donors (Lipinski definition) is 1. The summed E-state index contributed by atoms with van der Waals surface area (Å²) in [5, 5.41) is 8.07. The van der Waals surface area contributed by atoms with Crippen molar-refractivity contribution in [2.45, 2.75) is 6.92 Å². The van der Waals surface area contributed by atoms with Crippen molar-refractivity contribution in [3.63, 3.8) is 0 Å². The van der Waals surface area contributed by atoms with E-state index in [0.717, 1.165) is 54.6 Å². The van der Waals surface area contributed by atoms with E-state index >= 15 is 0 Å². The third-order valence-electron chi connectivity index (χ3n) is 4.08. The first kappa shape index (κ1) is 14.1. The topological polar surface area (TPSA) is 58.4 Å². The number of hydrogen-bond acceptors (Lipinski definition) is 5. The Morgan fingerprint density at radius 3 is 2.78 bits per heavy atom. The molecule has 0 saturated carbocycles. The molecule has 4 rings (SSSR count). The van der Waals surface area contributed by atoms with Gasteiger partial charge in [-0.15, -0.1) is 5.10 Å². The number of piperazine rings is 1. The number of aromatic nitrogens is 4. The summed E-state index contributed by atoms with van der Waals surface area (Å²) in [6.07, 6.45) is 1.46. The number of imidazole rings is 1. The van der Waals surface area contributed by atoms with Crippen molar-refractivity contribution in [3.05, 3.63) is 42.1 Å². The highest BCUT2D eigenvalue weighted by Crippen LogP contribution is 2.25. The fraction of sp³-hybridized carbons (Fsp3) is 0.312. The van der Waals surface area contributed by atoms with E-state index in [1.807, 2.05) is 19.1 Å². The zero-order valence-corrected chi connectivity index (χ0v) is 12.8. The standard InChI is InChI=1S/C16H17FN6/c1-11-16(12-4-5-19-13(17)10-12)23-14(20-11)2-3-15(21-23)22-8-6-18-7-9-22/h2-5,10,18H,6-9H2,1H3. The average molecular weight is 312 g/mol. The molecule has 0 unspecified atom stereocenters. The number of fused-ring (bicyclic) bond motifs is 1. The maximum absolute atomic E-state index is 13.5. The van der Waals surface area contributed by atoms with Crippen LogP contribution in [0.2, 0.25) is 0 Å². The van der Waals surface area contributed by atoms with Crippen LogP contribution in [0.1, 0.15) is 5.69 Å². The summed E-state index contributed by atoms with van der Waals surface area (Å²) in [7, 11) is 0. The Kier molecular flexibility index (Phi) is 3.42. The molecule has 23 heavy (non-hydrogen) atoms. The second kappa shape index (κ2) is 5.58. The molecule has 1 aliphatic rings. The second-order valence-electron chi connectivity index (χ2n) is 5.61. The number of anilines is 1. The van der Waals surface area contributed by atoms with Gasteiger partial charge in [-0.25, -0.2) is 14.5 Å². The number of rotatable bonds is 2. The molecule has 0 bridgehead atoms. The molecule has 6 nitrogen and oxygen atoms in total. The van der Waals surface area contributed by atoms with Crippen molar-refractivity contribution in [1.29, 1.82) is 0 Å². The highest BCUT2D eigenvalue weighted by molar-refractivity contribution is 5.66. The van der Waals surface area contributed by atoms with Gasteiger partial charge in [0.2, 0.25) is 5.95 Å². The van der Waals surface area contributed by atoms with Crippen LogP contribution in [0.4, 0.5) is 10.2 Å². The van der Waals surface area contributed by atoms with Gasteiger partial charge in [0.15, 0.2) is 5.65 Å². The number of pyridine rings is 1. The van der Waals surface area contributed by atoms with Crippen LogP contribution in [0.3, 0.4) is 0 Å². The molecule has 1 saturated heterocycles. The summed E-state index contributed by atoms with van der Waals surface area (Å²) in [5.74, 6) is 0.405. The minimum atomic E-state index is -0.505. The van der Waals surface area contributed by atoms with Gasteiger partial charge in [0.25, 0.3) is 0 Å². The van der Waals surface area contributed by atoms with E-state index in [4.69, 9.17) is 5.10 Å². The second-order valence-corrected chi connectivity index (χ2v) is 5.61. The van der Waals surface area contributed by atoms with Gasteiger partial charge in [-0.05, 0) is 25.1 Å². The third-order valence-corrected chi connectivity index (χ3v) is 4.08. The van der Waals surface area contributed by atoms with Gasteiger partial charge in [-0.2, -0.15) is 4.39 Å². The Morgan fingerprint density at radius 1 is 1.17 bits per heavy atom. The van der Waals surface area contributed by atoms with E-state index < -0.39 is 5.95 Å². The lowest BCUT2D eigenvalue weighted by Crippen LogP contribution is -2.44. The molecule has 0 aliphatic carbocycles. The lowest BCUT2D eigenvalue weighted by molar-refractivity contribution is 0.581. The fourth-order valence-corrected chi connectivity index (χ4v) is 2.98. The largest absolute Gasteiger partial charge is 0.353 e. The van der Waals surface area contributed by atoms with Crippen LogP contribution in [0.25, 0.3) is 16.9 Å². The van der Waals surface area contributed by atoms with Gasteiger partial charge in [0.05, 0.1) is 11.4 Å². The lowest BCUT2D eigenvalue weighted by Gasteiger charge is -2.28. The number of aryl methyl sites for hydroxylation is 1. The minimum Gasteiger partial charge on any atom is -0.353 e. The first-order chi connectivity index (χ1) is 11.2. The SMILES string of the molecule is Cc1nc2ccc(N3CCNCC3)nn2c1-c1ccnc(F)c1. The monoisotopic (exact) mass is 312 g/mol. The number of nitrogens with zero attached hydrogens (tertiary/aromatic N) is 5. The predicted molar refractivity (Wildman–Crippen MR) is 86.0 cm³/mol. The Bertz CT molecular complexity index is 853. The molecule has 0 amide bonds. The van der Waals surface area contributed by atoms with E-state index in [-0.39, 0.29) is 0 Å². The van der Waals surface area contributed by atoms with Gasteiger partial charge in [-0.1, -0.05) is 0 Å². The minimum absolute atomic E-state index is 0.505. The molecule has 0 radical (unpaired) electrons. The molecule has 1 N–H and O–H groups in total. The van der Waals surface area contributed by atoms with Gasteiger partial charge in [-0.3, -0.25) is 0 Å². The van der Waals surface area contributed by atoms with Crippen molar-refractivity contribution in [2.24, 2.45) is 0 Å². The Labute approximate surface area is 133 Å². The highest BCUT2D eigenvalue weighted by Gasteiger charge is 2.16. The molecule has 0 spiro atoms. The van der Waals surface area contributed by atoms with Crippen molar-refractivity contribution < 1.29 is 4.39 Å². The van der Waals surface area contributed by atoms with Crippen LogP contribution in [0, 0.1) is 12.9 Å². The van der Waals surface area contributed by atoms with Crippen molar-refractivity contribution in [3.8, 4) is 11.3 Å². The van der Waals surface area contributed by atoms with Gasteiger partial charge < -0.3 is 10.2 Å². The molecular formula is C16H17FN6. The highest BCUT2D eigenvalue weighted by atomic mass is 19.1. The summed E-state index contributed by atoms with van der Waals surface area (Å²) >= 11 is 0. The van der Waals surface area contributed by atoms with Gasteiger partial charge in [0, 0.05) is 44.0 Å². The summed E-state index contributed by atoms with van der Waals surface area (Å²) < 4.78 is 15.3. The molecular weight excluding hydrogens is 295 g/mol. The molecule has 3 aromatic rings. The van der Waals surface area contributed by atoms with Gasteiger partial charge in [0.1, 0.15) is 5.82 Å². The van der Waals surface area contributed by atoms with Crippen LogP contribution in [0.15, 0.2) is 30.5 Å². The molecule has 0 aromatic carbocycles. The maximum atomic E-state index is 13.5. The van der Waals surface area contributed by atoms with Crippen LogP contribution in [-0.4, -0.2) is 45.8 Å². The molecule has 1 aliphatic heterocycles. The van der Waals surface area contributed by atoms with Crippen LogP contribution in [-0.2, 0) is 0 Å². The zero-order chi connectivity index (χ0) is 15.8. The van der Waals surface area contributed by atoms with Crippen LogP contribution < -0.4 is 10.2 Å². The van der Waals surface area contributed by atoms with E-state index in [9.17, 15) is 4.39 Å². The molecule has 1 fully saturated rings. The van der Waals surface area contributed by atoms with Crippen molar-refractivity contribution in [1.82, 2.24) is 24.9 Å². The van der Waals surface area contributed by atoms with Crippen molar-refractivity contribution >= 4 is 11.5 Å². The molecule has 3 aromatic heterocycles. The maximum Gasteiger partial charge on any atom is 0.213 e. The zero-order valence-electron chi connectivity index (χ0n) is 12.8. The summed E-state index contributed by atoms with van der Waals surface area (Å²) in [6, 6.07) is 7.14. The normalized spacial score (nSPS) is 15.3. The van der Waals surface area contributed by atoms with E-state index in [1.165, 1.54) is 12.3 Å². The smallest absolute Gasteiger partial charge is 0.213 e. The van der Waals surface area contributed by atoms with Crippen LogP contribution >= 0.6 is 0 Å². The van der Waals surface area contributed by atoms with Gasteiger partial charge >= 0.3 is 0 Å². The third kappa shape index (κ3) is 2.53. The summed E-state index contributed by atoms with van der Waals surface area (Å²) in [4.78, 5) is 10.4. The summed E-state index contributed by atoms with van der Waals surface area (Å²) in [5.41, 5.74) is 3.11. The summed E-state index contributed by atoms with van der Waals surface area (Å²) in [6.45, 7) is 5.65. The number of nitrogens with one attached hydrogen (secondary N) is 1. The quantitative estimate of drug-likeness (QED) is 0.729. The van der Waals surface area contributed by atoms with Crippen LogP contribution in [0.5, 0.6) is 0 Å². The van der Waals surface area contributed by atoms with E-state index in [2.05, 4.69) is 20.2 Å². The Morgan fingerprint density at radius 2 is 2.00 bits per heavy atom. The first-order valence-electron chi connectivity index (χ1n) is 7.66. The Balaban J connectivity index is 1.85. The fourth-order valence-electron chi connectivity index (χ4n) is 2.98. The van der Waals surface area contributed by atoms with E-state index in [0.29, 0.717) is 0 Å². The average Bonchev–Trinajstić information content (AvgIpc) is 2.90. The predicted octanol–water partition coefficient (Wildman–Crippen LogP) is 1.65. The first-order valence-corrected chi connectivity index (χ1v) is 7.66.